The summed E-state index contributed by atoms with van der Waals surface area (Å²) in [5.41, 5.74) is 0.463. The summed E-state index contributed by atoms with van der Waals surface area (Å²) in [4.78, 5) is 15.9. The fourth-order valence-electron chi connectivity index (χ4n) is 1.18. The van der Waals surface area contributed by atoms with Crippen LogP contribution in [0.4, 0.5) is 0 Å². The van der Waals surface area contributed by atoms with E-state index in [2.05, 4.69) is 23.8 Å². The summed E-state index contributed by atoms with van der Waals surface area (Å²) in [5, 5.41) is 2.88. The Kier molecular flexibility index (Phi) is 4.53. The Morgan fingerprint density at radius 3 is 2.80 bits per heavy atom. The predicted octanol–water partition coefficient (Wildman–Crippen LogP) is 1.94. The Hall–Kier alpha value is -1.12. The molecule has 1 N–H and O–H groups in total. The lowest BCUT2D eigenvalue weighted by molar-refractivity contribution is -0.114. The van der Waals surface area contributed by atoms with Crippen molar-refractivity contribution in [3.05, 3.63) is 12.7 Å². The van der Waals surface area contributed by atoms with E-state index in [1.807, 2.05) is 6.92 Å². The van der Waals surface area contributed by atoms with Crippen LogP contribution in [0.5, 0.6) is 0 Å². The van der Waals surface area contributed by atoms with Crippen LogP contribution < -0.4 is 5.32 Å². The van der Waals surface area contributed by atoms with Gasteiger partial charge in [-0.2, -0.15) is 0 Å². The monoisotopic (exact) mass is 208 g/mol. The van der Waals surface area contributed by atoms with Crippen molar-refractivity contribution in [1.82, 2.24) is 5.32 Å². The van der Waals surface area contributed by atoms with E-state index in [0.29, 0.717) is 11.6 Å². The normalized spacial score (nSPS) is 18.4. The molecule has 1 atom stereocenters. The molecule has 1 amide bonds. The van der Waals surface area contributed by atoms with E-state index in [1.54, 1.807) is 0 Å². The van der Waals surface area contributed by atoms with Gasteiger partial charge in [-0.25, -0.2) is 0 Å². The van der Waals surface area contributed by atoms with E-state index in [4.69, 9.17) is 0 Å². The lowest BCUT2D eigenvalue weighted by Crippen LogP contribution is -2.32. The van der Waals surface area contributed by atoms with Crippen molar-refractivity contribution in [2.24, 2.45) is 10.9 Å². The average molecular weight is 208 g/mol. The Bertz CT molecular complexity index is 267. The fraction of sp³-hybridized carbons (Fsp3) is 0.667. The zero-order chi connectivity index (χ0) is 11.3. The summed E-state index contributed by atoms with van der Waals surface area (Å²) in [6, 6.07) is 0.185. The van der Waals surface area contributed by atoms with Gasteiger partial charge in [0.1, 0.15) is 5.71 Å². The van der Waals surface area contributed by atoms with Crippen molar-refractivity contribution in [3.63, 3.8) is 0 Å². The molecule has 15 heavy (non-hydrogen) atoms. The van der Waals surface area contributed by atoms with Gasteiger partial charge < -0.3 is 5.32 Å². The zero-order valence-corrected chi connectivity index (χ0v) is 9.62. The maximum atomic E-state index is 11.6. The van der Waals surface area contributed by atoms with Crippen LogP contribution in [0.1, 0.15) is 33.1 Å². The van der Waals surface area contributed by atoms with Crippen LogP contribution in [0.3, 0.4) is 0 Å². The highest BCUT2D eigenvalue weighted by Gasteiger charge is 2.22. The highest BCUT2D eigenvalue weighted by molar-refractivity contribution is 6.43. The molecule has 0 aliphatic heterocycles. The second kappa shape index (κ2) is 5.69. The molecule has 0 aromatic rings. The highest BCUT2D eigenvalue weighted by atomic mass is 16.1. The molecule has 0 saturated heterocycles. The minimum atomic E-state index is -0.0859. The van der Waals surface area contributed by atoms with Crippen LogP contribution in [-0.2, 0) is 4.79 Å². The molecule has 0 heterocycles. The van der Waals surface area contributed by atoms with Gasteiger partial charge in [-0.1, -0.05) is 13.5 Å². The summed E-state index contributed by atoms with van der Waals surface area (Å²) < 4.78 is 0. The third-order valence-corrected chi connectivity index (χ3v) is 2.62. The van der Waals surface area contributed by atoms with Crippen LogP contribution >= 0.6 is 0 Å². The molecule has 0 spiro atoms. The van der Waals surface area contributed by atoms with E-state index in [0.717, 1.165) is 13.0 Å². The minimum Gasteiger partial charge on any atom is -0.350 e. The predicted molar refractivity (Wildman–Crippen MR) is 63.1 cm³/mol. The third-order valence-electron chi connectivity index (χ3n) is 2.62. The SMILES string of the molecule is C=CC(=N[C@@H](C)CC)C(=O)NCC1CC1. The van der Waals surface area contributed by atoms with Crippen molar-refractivity contribution >= 4 is 11.6 Å². The Labute approximate surface area is 91.7 Å². The fourth-order valence-corrected chi connectivity index (χ4v) is 1.18. The van der Waals surface area contributed by atoms with E-state index < -0.39 is 0 Å². The van der Waals surface area contributed by atoms with E-state index in [1.165, 1.54) is 18.9 Å². The largest absolute Gasteiger partial charge is 0.350 e. The summed E-state index contributed by atoms with van der Waals surface area (Å²) in [6.45, 7) is 8.45. The minimum absolute atomic E-state index is 0.0859. The molecule has 0 radical (unpaired) electrons. The number of hydrogen-bond acceptors (Lipinski definition) is 2. The summed E-state index contributed by atoms with van der Waals surface area (Å²) in [7, 11) is 0. The summed E-state index contributed by atoms with van der Waals surface area (Å²) in [6.07, 6.45) is 4.96. The number of amides is 1. The molecule has 84 valence electrons. The summed E-state index contributed by atoms with van der Waals surface area (Å²) >= 11 is 0. The van der Waals surface area contributed by atoms with Gasteiger partial charge in [-0.15, -0.1) is 0 Å². The summed E-state index contributed by atoms with van der Waals surface area (Å²) in [5.74, 6) is 0.612. The molecular weight excluding hydrogens is 188 g/mol. The topological polar surface area (TPSA) is 41.5 Å². The number of nitrogens with one attached hydrogen (secondary N) is 1. The molecule has 3 nitrogen and oxygen atoms in total. The lowest BCUT2D eigenvalue weighted by Gasteiger charge is -2.07. The van der Waals surface area contributed by atoms with Crippen LogP contribution in [0.25, 0.3) is 0 Å². The van der Waals surface area contributed by atoms with Gasteiger partial charge in [0, 0.05) is 12.6 Å². The van der Waals surface area contributed by atoms with Crippen molar-refractivity contribution in [3.8, 4) is 0 Å². The first-order chi connectivity index (χ1) is 7.17. The van der Waals surface area contributed by atoms with Crippen LogP contribution in [0.15, 0.2) is 17.6 Å². The van der Waals surface area contributed by atoms with Crippen LogP contribution in [0.2, 0.25) is 0 Å². The van der Waals surface area contributed by atoms with Crippen LogP contribution in [0, 0.1) is 5.92 Å². The number of nitrogens with zero attached hydrogens (tertiary/aromatic N) is 1. The molecular formula is C12H20N2O. The van der Waals surface area contributed by atoms with Gasteiger partial charge in [0.15, 0.2) is 0 Å². The molecule has 1 aliphatic rings. The van der Waals surface area contributed by atoms with E-state index >= 15 is 0 Å². The third kappa shape index (κ3) is 4.28. The van der Waals surface area contributed by atoms with E-state index in [9.17, 15) is 4.79 Å². The quantitative estimate of drug-likeness (QED) is 0.666. The molecule has 0 unspecified atom stereocenters. The van der Waals surface area contributed by atoms with Gasteiger partial charge in [0.2, 0.25) is 0 Å². The van der Waals surface area contributed by atoms with Gasteiger partial charge in [-0.05, 0) is 38.2 Å². The number of rotatable bonds is 6. The molecule has 1 fully saturated rings. The first-order valence-corrected chi connectivity index (χ1v) is 5.65. The van der Waals surface area contributed by atoms with Crippen LogP contribution in [-0.4, -0.2) is 24.2 Å². The van der Waals surface area contributed by atoms with Gasteiger partial charge in [-0.3, -0.25) is 9.79 Å². The van der Waals surface area contributed by atoms with Crippen molar-refractivity contribution < 1.29 is 4.79 Å². The molecule has 1 rings (SSSR count). The Balaban J connectivity index is 2.44. The van der Waals surface area contributed by atoms with Gasteiger partial charge in [0.05, 0.1) is 0 Å². The van der Waals surface area contributed by atoms with Gasteiger partial charge in [0.25, 0.3) is 5.91 Å². The molecule has 1 saturated carbocycles. The standard InChI is InChI=1S/C12H20N2O/c1-4-9(3)14-11(5-2)12(15)13-8-10-6-7-10/h5,9-10H,2,4,6-8H2,1,3H3,(H,13,15)/t9-/m0/s1. The van der Waals surface area contributed by atoms with Crippen molar-refractivity contribution in [2.45, 2.75) is 39.2 Å². The van der Waals surface area contributed by atoms with E-state index in [-0.39, 0.29) is 11.9 Å². The smallest absolute Gasteiger partial charge is 0.269 e. The maximum absolute atomic E-state index is 11.6. The molecule has 1 aliphatic carbocycles. The average Bonchev–Trinajstić information content (AvgIpc) is 3.05. The number of aliphatic imine (C=N–C) groups is 1. The molecule has 0 aromatic heterocycles. The Morgan fingerprint density at radius 2 is 2.33 bits per heavy atom. The molecule has 0 aromatic carbocycles. The van der Waals surface area contributed by atoms with Gasteiger partial charge >= 0.3 is 0 Å². The zero-order valence-electron chi connectivity index (χ0n) is 9.62. The number of carbonyl (C=O) groups is 1. The first kappa shape index (κ1) is 12.0. The maximum Gasteiger partial charge on any atom is 0.269 e. The Morgan fingerprint density at radius 1 is 1.67 bits per heavy atom. The second-order valence-corrected chi connectivity index (χ2v) is 4.13. The van der Waals surface area contributed by atoms with Crippen molar-refractivity contribution in [1.29, 1.82) is 0 Å². The first-order valence-electron chi connectivity index (χ1n) is 5.65. The molecule has 0 bridgehead atoms. The highest BCUT2D eigenvalue weighted by Crippen LogP contribution is 2.27. The molecule has 3 heteroatoms. The number of carbonyl (C=O) groups excluding carboxylic acids is 1. The number of hydrogen-bond donors (Lipinski definition) is 1. The lowest BCUT2D eigenvalue weighted by atomic mass is 10.2. The second-order valence-electron chi connectivity index (χ2n) is 4.13. The van der Waals surface area contributed by atoms with Crippen molar-refractivity contribution in [2.75, 3.05) is 6.54 Å².